The molecule has 168 valence electrons. The van der Waals surface area contributed by atoms with Gasteiger partial charge in [-0.1, -0.05) is 12.1 Å². The molecular formula is C24H22N4O5. The normalized spacial score (nSPS) is 19.4. The number of aromatic amines is 2. The second-order valence-corrected chi connectivity index (χ2v) is 8.08. The molecule has 0 saturated carbocycles. The Morgan fingerprint density at radius 3 is 2.52 bits per heavy atom. The van der Waals surface area contributed by atoms with Crippen molar-refractivity contribution in [2.24, 2.45) is 0 Å². The van der Waals surface area contributed by atoms with Crippen molar-refractivity contribution in [2.75, 3.05) is 19.5 Å². The molecule has 3 aromatic rings. The second-order valence-electron chi connectivity index (χ2n) is 8.08. The highest BCUT2D eigenvalue weighted by Gasteiger charge is 2.40. The van der Waals surface area contributed by atoms with Crippen LogP contribution in [-0.2, 0) is 4.79 Å². The van der Waals surface area contributed by atoms with Crippen LogP contribution in [0.1, 0.15) is 41.4 Å². The minimum absolute atomic E-state index is 0.0614. The molecule has 0 unspecified atom stereocenters. The number of ether oxygens (including phenoxy) is 2. The van der Waals surface area contributed by atoms with E-state index in [9.17, 15) is 14.4 Å². The molecule has 3 N–H and O–H groups in total. The number of rotatable bonds is 4. The van der Waals surface area contributed by atoms with Crippen LogP contribution in [0.4, 0.5) is 5.82 Å². The van der Waals surface area contributed by atoms with E-state index in [1.807, 2.05) is 24.3 Å². The first-order valence-corrected chi connectivity index (χ1v) is 10.5. The third kappa shape index (κ3) is 3.51. The van der Waals surface area contributed by atoms with E-state index in [0.29, 0.717) is 46.1 Å². The highest BCUT2D eigenvalue weighted by molar-refractivity contribution is 6.01. The predicted molar refractivity (Wildman–Crippen MR) is 121 cm³/mol. The van der Waals surface area contributed by atoms with Crippen molar-refractivity contribution in [3.63, 3.8) is 0 Å². The van der Waals surface area contributed by atoms with Crippen molar-refractivity contribution in [3.8, 4) is 11.5 Å². The zero-order chi connectivity index (χ0) is 23.1. The van der Waals surface area contributed by atoms with Crippen molar-refractivity contribution in [1.82, 2.24) is 15.0 Å². The third-order valence-electron chi connectivity index (χ3n) is 6.24. The molecule has 0 bridgehead atoms. The zero-order valence-corrected chi connectivity index (χ0v) is 18.1. The van der Waals surface area contributed by atoms with E-state index >= 15 is 0 Å². The van der Waals surface area contributed by atoms with Crippen molar-refractivity contribution in [1.29, 1.82) is 0 Å². The maximum absolute atomic E-state index is 13.5. The Bertz CT molecular complexity index is 1390. The Hall–Kier alpha value is -4.14. The van der Waals surface area contributed by atoms with Gasteiger partial charge in [-0.25, -0.2) is 4.79 Å². The summed E-state index contributed by atoms with van der Waals surface area (Å²) < 4.78 is 10.8. The predicted octanol–water partition coefficient (Wildman–Crippen LogP) is 2.43. The van der Waals surface area contributed by atoms with Crippen LogP contribution in [0.15, 0.2) is 63.6 Å². The molecule has 3 heterocycles. The monoisotopic (exact) mass is 446 g/mol. The quantitative estimate of drug-likeness (QED) is 0.562. The average molecular weight is 446 g/mol. The molecule has 1 aliphatic carbocycles. The molecule has 5 rings (SSSR count). The van der Waals surface area contributed by atoms with Crippen LogP contribution in [0, 0.1) is 0 Å². The minimum Gasteiger partial charge on any atom is -0.493 e. The topological polar surface area (TPSA) is 126 Å². The van der Waals surface area contributed by atoms with Gasteiger partial charge in [0.2, 0.25) is 0 Å². The summed E-state index contributed by atoms with van der Waals surface area (Å²) in [7, 11) is 3.14. The number of H-pyrrole nitrogens is 2. The molecule has 33 heavy (non-hydrogen) atoms. The first-order valence-electron chi connectivity index (χ1n) is 10.5. The summed E-state index contributed by atoms with van der Waals surface area (Å²) >= 11 is 0. The van der Waals surface area contributed by atoms with Crippen LogP contribution < -0.4 is 26.0 Å². The molecule has 0 radical (unpaired) electrons. The summed E-state index contributed by atoms with van der Waals surface area (Å²) in [6.07, 6.45) is 4.08. The lowest BCUT2D eigenvalue weighted by Crippen LogP contribution is -2.37. The van der Waals surface area contributed by atoms with Crippen LogP contribution in [0.5, 0.6) is 11.5 Å². The van der Waals surface area contributed by atoms with E-state index in [1.54, 1.807) is 32.7 Å². The van der Waals surface area contributed by atoms with Crippen molar-refractivity contribution >= 4 is 11.6 Å². The SMILES string of the molecule is COc1ccc([C@@H]2CC(=O)C3=C(C2)Nc2[nH]c(=O)[nH]c(=O)c2[C@H]3c2cccnc2)cc1OC. The van der Waals surface area contributed by atoms with Crippen molar-refractivity contribution in [3.05, 3.63) is 91.5 Å². The number of nitrogens with zero attached hydrogens (tertiary/aromatic N) is 1. The fourth-order valence-electron chi connectivity index (χ4n) is 4.77. The molecule has 9 heteroatoms. The van der Waals surface area contributed by atoms with Gasteiger partial charge in [-0.05, 0) is 41.7 Å². The number of ketones is 1. The van der Waals surface area contributed by atoms with Gasteiger partial charge < -0.3 is 14.8 Å². The van der Waals surface area contributed by atoms with Gasteiger partial charge in [0, 0.05) is 36.0 Å². The summed E-state index contributed by atoms with van der Waals surface area (Å²) in [5.74, 6) is 0.721. The number of carbonyl (C=O) groups excluding carboxylic acids is 1. The molecular weight excluding hydrogens is 424 g/mol. The zero-order valence-electron chi connectivity index (χ0n) is 18.1. The van der Waals surface area contributed by atoms with E-state index in [4.69, 9.17) is 9.47 Å². The summed E-state index contributed by atoms with van der Waals surface area (Å²) in [5.41, 5.74) is 2.04. The molecule has 1 aromatic carbocycles. The maximum atomic E-state index is 13.5. The van der Waals surface area contributed by atoms with Crippen LogP contribution in [0.2, 0.25) is 0 Å². The molecule has 2 atom stereocenters. The summed E-state index contributed by atoms with van der Waals surface area (Å²) in [6.45, 7) is 0. The third-order valence-corrected chi connectivity index (χ3v) is 6.24. The number of anilines is 1. The first kappa shape index (κ1) is 20.7. The summed E-state index contributed by atoms with van der Waals surface area (Å²) in [6, 6.07) is 9.21. The van der Waals surface area contributed by atoms with E-state index in [-0.39, 0.29) is 18.1 Å². The van der Waals surface area contributed by atoms with Gasteiger partial charge in [0.15, 0.2) is 17.3 Å². The van der Waals surface area contributed by atoms with Gasteiger partial charge in [-0.15, -0.1) is 0 Å². The lowest BCUT2D eigenvalue weighted by Gasteiger charge is -2.35. The van der Waals surface area contributed by atoms with Gasteiger partial charge in [0.05, 0.1) is 19.8 Å². The molecule has 0 fully saturated rings. The lowest BCUT2D eigenvalue weighted by atomic mass is 9.73. The lowest BCUT2D eigenvalue weighted by molar-refractivity contribution is -0.116. The van der Waals surface area contributed by atoms with Crippen molar-refractivity contribution < 1.29 is 14.3 Å². The molecule has 2 aromatic heterocycles. The van der Waals surface area contributed by atoms with Gasteiger partial charge >= 0.3 is 5.69 Å². The van der Waals surface area contributed by atoms with Crippen molar-refractivity contribution in [2.45, 2.75) is 24.7 Å². The number of methoxy groups -OCH3 is 2. The number of benzene rings is 1. The highest BCUT2D eigenvalue weighted by Crippen LogP contribution is 2.46. The van der Waals surface area contributed by atoms with Gasteiger partial charge in [-0.3, -0.25) is 24.5 Å². The summed E-state index contributed by atoms with van der Waals surface area (Å²) in [4.78, 5) is 47.4. The van der Waals surface area contributed by atoms with Crippen LogP contribution >= 0.6 is 0 Å². The summed E-state index contributed by atoms with van der Waals surface area (Å²) in [5, 5.41) is 3.17. The Kier molecular flexibility index (Phi) is 5.08. The number of carbonyl (C=O) groups is 1. The van der Waals surface area contributed by atoms with Crippen LogP contribution in [-0.4, -0.2) is 35.0 Å². The Morgan fingerprint density at radius 1 is 0.970 bits per heavy atom. The van der Waals surface area contributed by atoms with Gasteiger partial charge in [0.25, 0.3) is 5.56 Å². The number of pyridine rings is 1. The van der Waals surface area contributed by atoms with E-state index in [1.165, 1.54) is 0 Å². The average Bonchev–Trinajstić information content (AvgIpc) is 2.82. The number of hydrogen-bond acceptors (Lipinski definition) is 7. The first-order chi connectivity index (χ1) is 16.0. The highest BCUT2D eigenvalue weighted by atomic mass is 16.5. The number of allylic oxidation sites excluding steroid dienone is 2. The maximum Gasteiger partial charge on any atom is 0.327 e. The number of hydrogen-bond donors (Lipinski definition) is 3. The molecule has 0 spiro atoms. The molecule has 9 nitrogen and oxygen atoms in total. The fraction of sp³-hybridized carbons (Fsp3) is 0.250. The standard InChI is InChI=1S/C24H22N4O5/c1-32-17-6-5-12(10-18(17)33-2)14-8-15-20(16(29)9-14)19(13-4-3-7-25-11-13)21-22(26-15)27-24(31)28-23(21)30/h3-7,10-11,14,19H,8-9H2,1-2H3,(H3,26,27,28,30,31)/t14-,19-/m0/s1. The van der Waals surface area contributed by atoms with Crippen LogP contribution in [0.25, 0.3) is 0 Å². The van der Waals surface area contributed by atoms with Gasteiger partial charge in [-0.2, -0.15) is 0 Å². The number of nitrogens with one attached hydrogen (secondary N) is 3. The Morgan fingerprint density at radius 2 is 1.79 bits per heavy atom. The smallest absolute Gasteiger partial charge is 0.327 e. The van der Waals surface area contributed by atoms with E-state index in [0.717, 1.165) is 5.56 Å². The van der Waals surface area contributed by atoms with Crippen LogP contribution in [0.3, 0.4) is 0 Å². The molecule has 2 aliphatic rings. The largest absolute Gasteiger partial charge is 0.493 e. The number of aromatic nitrogens is 3. The molecule has 0 saturated heterocycles. The second kappa shape index (κ2) is 8.09. The Labute approximate surface area is 188 Å². The van der Waals surface area contributed by atoms with E-state index in [2.05, 4.69) is 20.3 Å². The number of Topliss-reactive ketones (excluding diaryl/α,β-unsaturated/α-hetero) is 1. The molecule has 0 amide bonds. The Balaban J connectivity index is 1.62. The number of fused-ring (bicyclic) bond motifs is 1. The van der Waals surface area contributed by atoms with E-state index < -0.39 is 17.2 Å². The fourth-order valence-corrected chi connectivity index (χ4v) is 4.77. The minimum atomic E-state index is -0.621. The van der Waals surface area contributed by atoms with Gasteiger partial charge in [0.1, 0.15) is 5.82 Å². The molecule has 1 aliphatic heterocycles.